The summed E-state index contributed by atoms with van der Waals surface area (Å²) in [6.45, 7) is 3.59. The van der Waals surface area contributed by atoms with E-state index in [-0.39, 0.29) is 11.7 Å². The molecular formula is C20H22FN3O. The first-order chi connectivity index (χ1) is 12.1. The number of H-pyrrole nitrogens is 1. The lowest BCUT2D eigenvalue weighted by atomic mass is 10.1. The second-order valence-electron chi connectivity index (χ2n) is 6.15. The molecule has 0 bridgehead atoms. The highest BCUT2D eigenvalue weighted by Crippen LogP contribution is 2.25. The Balaban J connectivity index is 0.000000192. The number of carbonyl (C=O) groups excluding carboxylic acids is 1. The van der Waals surface area contributed by atoms with Gasteiger partial charge in [0.15, 0.2) is 0 Å². The number of halogens is 1. The summed E-state index contributed by atoms with van der Waals surface area (Å²) >= 11 is 0. The van der Waals surface area contributed by atoms with Gasteiger partial charge in [-0.25, -0.2) is 4.39 Å². The Morgan fingerprint density at radius 3 is 2.64 bits per heavy atom. The summed E-state index contributed by atoms with van der Waals surface area (Å²) in [6.07, 6.45) is 9.75. The number of nitrogens with one attached hydrogen (secondary N) is 1. The van der Waals surface area contributed by atoms with Crippen LogP contribution < -0.4 is 0 Å². The molecule has 1 amide bonds. The third-order valence-corrected chi connectivity index (χ3v) is 4.37. The fraction of sp³-hybridized carbons (Fsp3) is 0.300. The van der Waals surface area contributed by atoms with Crippen molar-refractivity contribution >= 4 is 22.4 Å². The van der Waals surface area contributed by atoms with Crippen molar-refractivity contribution in [2.45, 2.75) is 26.2 Å². The maximum Gasteiger partial charge on any atom is 0.219 e. The Hall–Kier alpha value is -2.69. The molecule has 2 aliphatic rings. The number of para-hydroxylation sites is 1. The van der Waals surface area contributed by atoms with Gasteiger partial charge in [-0.05, 0) is 43.1 Å². The topological polar surface area (TPSA) is 49.0 Å². The Morgan fingerprint density at radius 2 is 1.92 bits per heavy atom. The standard InChI is InChI=1S/C14H11FN2.C6H11NO/c15-11-5-3-4-10(8-9-11)14-12-6-1-2-7-13(12)16-17-14;1-6(8)7-4-2-3-5-7/h1-2,4-9H,3H2,(H,16,17);2-5H2,1H3. The Kier molecular flexibility index (Phi) is 5.43. The van der Waals surface area contributed by atoms with Gasteiger partial charge in [-0.3, -0.25) is 9.89 Å². The van der Waals surface area contributed by atoms with E-state index in [0.29, 0.717) is 6.42 Å². The number of hydrogen-bond acceptors (Lipinski definition) is 2. The molecule has 0 radical (unpaired) electrons. The fourth-order valence-corrected chi connectivity index (χ4v) is 3.00. The highest BCUT2D eigenvalue weighted by atomic mass is 19.1. The summed E-state index contributed by atoms with van der Waals surface area (Å²) in [6, 6.07) is 7.92. The lowest BCUT2D eigenvalue weighted by Gasteiger charge is -2.10. The highest BCUT2D eigenvalue weighted by Gasteiger charge is 2.12. The van der Waals surface area contributed by atoms with Gasteiger partial charge < -0.3 is 4.90 Å². The molecule has 1 aromatic carbocycles. The lowest BCUT2D eigenvalue weighted by Crippen LogP contribution is -2.24. The van der Waals surface area contributed by atoms with E-state index in [1.807, 2.05) is 35.2 Å². The SMILES string of the molecule is CC(=O)N1CCCC1.FC1=CCC=C(c2n[nH]c3ccccc23)C=C1. The number of allylic oxidation sites excluding steroid dienone is 6. The summed E-state index contributed by atoms with van der Waals surface area (Å²) in [5.74, 6) is 0.0265. The van der Waals surface area contributed by atoms with Gasteiger partial charge in [0.05, 0.1) is 11.2 Å². The van der Waals surface area contributed by atoms with Gasteiger partial charge in [-0.2, -0.15) is 5.10 Å². The van der Waals surface area contributed by atoms with Gasteiger partial charge in [-0.15, -0.1) is 0 Å². The number of carbonyl (C=O) groups is 1. The molecule has 130 valence electrons. The minimum atomic E-state index is -0.198. The average Bonchev–Trinajstić information content (AvgIpc) is 3.24. The third-order valence-electron chi connectivity index (χ3n) is 4.37. The summed E-state index contributed by atoms with van der Waals surface area (Å²) in [5, 5.41) is 8.34. The van der Waals surface area contributed by atoms with Crippen LogP contribution in [0.4, 0.5) is 4.39 Å². The molecule has 1 N–H and O–H groups in total. The molecule has 25 heavy (non-hydrogen) atoms. The zero-order valence-electron chi connectivity index (χ0n) is 14.3. The van der Waals surface area contributed by atoms with Crippen molar-refractivity contribution in [2.24, 2.45) is 0 Å². The van der Waals surface area contributed by atoms with Crippen molar-refractivity contribution in [1.29, 1.82) is 0 Å². The molecule has 0 spiro atoms. The van der Waals surface area contributed by atoms with Crippen LogP contribution in [0.15, 0.2) is 54.4 Å². The molecule has 5 heteroatoms. The van der Waals surface area contributed by atoms with E-state index in [2.05, 4.69) is 10.2 Å². The zero-order valence-corrected chi connectivity index (χ0v) is 14.3. The molecule has 1 aromatic heterocycles. The number of aromatic amines is 1. The maximum absolute atomic E-state index is 13.1. The maximum atomic E-state index is 13.1. The first-order valence-electron chi connectivity index (χ1n) is 8.58. The molecular weight excluding hydrogens is 317 g/mol. The van der Waals surface area contributed by atoms with E-state index in [1.165, 1.54) is 18.9 Å². The summed E-state index contributed by atoms with van der Waals surface area (Å²) < 4.78 is 13.1. The minimum Gasteiger partial charge on any atom is -0.343 e. The van der Waals surface area contributed by atoms with E-state index in [1.54, 1.807) is 19.1 Å². The highest BCUT2D eigenvalue weighted by molar-refractivity contribution is 5.93. The predicted molar refractivity (Wildman–Crippen MR) is 98.5 cm³/mol. The van der Waals surface area contributed by atoms with Crippen LogP contribution in [-0.4, -0.2) is 34.1 Å². The van der Waals surface area contributed by atoms with Gasteiger partial charge in [-0.1, -0.05) is 30.4 Å². The van der Waals surface area contributed by atoms with Crippen molar-refractivity contribution in [1.82, 2.24) is 15.1 Å². The number of nitrogens with zero attached hydrogens (tertiary/aromatic N) is 2. The van der Waals surface area contributed by atoms with Gasteiger partial charge >= 0.3 is 0 Å². The van der Waals surface area contributed by atoms with Crippen LogP contribution in [0.1, 0.15) is 31.9 Å². The van der Waals surface area contributed by atoms with Gasteiger partial charge in [0.25, 0.3) is 0 Å². The van der Waals surface area contributed by atoms with Crippen LogP contribution in [-0.2, 0) is 4.79 Å². The van der Waals surface area contributed by atoms with Gasteiger partial charge in [0, 0.05) is 25.4 Å². The minimum absolute atomic E-state index is 0.198. The van der Waals surface area contributed by atoms with Crippen LogP contribution in [0.25, 0.3) is 16.5 Å². The Morgan fingerprint density at radius 1 is 1.16 bits per heavy atom. The first-order valence-corrected chi connectivity index (χ1v) is 8.58. The van der Waals surface area contributed by atoms with E-state index in [9.17, 15) is 9.18 Å². The molecule has 1 saturated heterocycles. The Bertz CT molecular complexity index is 841. The van der Waals surface area contributed by atoms with Crippen molar-refractivity contribution < 1.29 is 9.18 Å². The molecule has 1 fully saturated rings. The number of fused-ring (bicyclic) bond motifs is 1. The molecule has 2 aromatic rings. The normalized spacial score (nSPS) is 16.8. The van der Waals surface area contributed by atoms with Crippen LogP contribution in [0.3, 0.4) is 0 Å². The van der Waals surface area contributed by atoms with E-state index < -0.39 is 0 Å². The van der Waals surface area contributed by atoms with Crippen molar-refractivity contribution in [3.8, 4) is 0 Å². The van der Waals surface area contributed by atoms with Crippen LogP contribution in [0.5, 0.6) is 0 Å². The fourth-order valence-electron chi connectivity index (χ4n) is 3.00. The van der Waals surface area contributed by atoms with E-state index >= 15 is 0 Å². The van der Waals surface area contributed by atoms with Gasteiger partial charge in [0.2, 0.25) is 5.91 Å². The van der Waals surface area contributed by atoms with Gasteiger partial charge in [0.1, 0.15) is 5.83 Å². The molecule has 0 saturated carbocycles. The Labute approximate surface area is 146 Å². The zero-order chi connectivity index (χ0) is 17.6. The second kappa shape index (κ2) is 7.92. The number of likely N-dealkylation sites (tertiary alicyclic amines) is 1. The first kappa shape index (κ1) is 17.1. The largest absolute Gasteiger partial charge is 0.343 e. The number of aromatic nitrogens is 2. The molecule has 1 aliphatic carbocycles. The molecule has 4 nitrogen and oxygen atoms in total. The van der Waals surface area contributed by atoms with Crippen molar-refractivity contribution in [2.75, 3.05) is 13.1 Å². The van der Waals surface area contributed by atoms with Crippen molar-refractivity contribution in [3.05, 3.63) is 60.1 Å². The molecule has 0 unspecified atom stereocenters. The monoisotopic (exact) mass is 339 g/mol. The summed E-state index contributed by atoms with van der Waals surface area (Å²) in [5.41, 5.74) is 2.82. The average molecular weight is 339 g/mol. The van der Waals surface area contributed by atoms with Crippen LogP contribution in [0, 0.1) is 0 Å². The van der Waals surface area contributed by atoms with E-state index in [0.717, 1.165) is 35.3 Å². The van der Waals surface area contributed by atoms with E-state index in [4.69, 9.17) is 0 Å². The lowest BCUT2D eigenvalue weighted by molar-refractivity contribution is -0.127. The number of rotatable bonds is 1. The second-order valence-corrected chi connectivity index (χ2v) is 6.15. The smallest absolute Gasteiger partial charge is 0.219 e. The molecule has 1 aliphatic heterocycles. The quantitative estimate of drug-likeness (QED) is 0.838. The summed E-state index contributed by atoms with van der Waals surface area (Å²) in [7, 11) is 0. The summed E-state index contributed by atoms with van der Waals surface area (Å²) in [4.78, 5) is 12.5. The van der Waals surface area contributed by atoms with Crippen LogP contribution >= 0.6 is 0 Å². The van der Waals surface area contributed by atoms with Crippen LogP contribution in [0.2, 0.25) is 0 Å². The number of amides is 1. The third kappa shape index (κ3) is 4.24. The molecule has 2 heterocycles. The molecule has 0 atom stereocenters. The number of hydrogen-bond donors (Lipinski definition) is 1. The molecule has 4 rings (SSSR count). The predicted octanol–water partition coefficient (Wildman–Crippen LogP) is 4.39. The number of benzene rings is 1. The van der Waals surface area contributed by atoms with Crippen molar-refractivity contribution in [3.63, 3.8) is 0 Å².